The van der Waals surface area contributed by atoms with Gasteiger partial charge in [-0.15, -0.1) is 0 Å². The van der Waals surface area contributed by atoms with E-state index < -0.39 is 11.6 Å². The molecule has 16 heavy (non-hydrogen) atoms. The normalized spacial score (nSPS) is 13.1. The van der Waals surface area contributed by atoms with Crippen molar-refractivity contribution in [1.82, 2.24) is 4.90 Å². The molecule has 0 aliphatic heterocycles. The van der Waals surface area contributed by atoms with E-state index in [2.05, 4.69) is 0 Å². The monoisotopic (exact) mass is 229 g/mol. The Morgan fingerprint density at radius 2 is 2.00 bits per heavy atom. The van der Waals surface area contributed by atoms with Gasteiger partial charge in [0.15, 0.2) is 11.6 Å². The van der Waals surface area contributed by atoms with Crippen LogP contribution in [0.3, 0.4) is 0 Å². The Morgan fingerprint density at radius 1 is 1.31 bits per heavy atom. The largest absolute Gasteiger partial charge is 0.396 e. The lowest BCUT2D eigenvalue weighted by atomic mass is 10.1. The molecular weight excluding hydrogens is 212 g/mol. The van der Waals surface area contributed by atoms with Gasteiger partial charge in [-0.1, -0.05) is 6.07 Å². The standard InChI is InChI=1S/C12H17F2NO/c1-9(15(2)6-3-7-16)10-4-5-11(13)12(14)8-10/h4-5,8-9,16H,3,6-7H2,1-2H3. The molecule has 0 aliphatic carbocycles. The van der Waals surface area contributed by atoms with Crippen LogP contribution in [0.4, 0.5) is 8.78 Å². The van der Waals surface area contributed by atoms with E-state index in [1.165, 1.54) is 6.07 Å². The van der Waals surface area contributed by atoms with Crippen LogP contribution in [0, 0.1) is 11.6 Å². The lowest BCUT2D eigenvalue weighted by Gasteiger charge is -2.24. The molecule has 2 nitrogen and oxygen atoms in total. The van der Waals surface area contributed by atoms with E-state index in [9.17, 15) is 8.78 Å². The highest BCUT2D eigenvalue weighted by atomic mass is 19.2. The van der Waals surface area contributed by atoms with E-state index in [-0.39, 0.29) is 12.6 Å². The van der Waals surface area contributed by atoms with E-state index in [1.807, 2.05) is 18.9 Å². The molecule has 0 aromatic heterocycles. The van der Waals surface area contributed by atoms with Gasteiger partial charge in [-0.25, -0.2) is 8.78 Å². The molecule has 4 heteroatoms. The van der Waals surface area contributed by atoms with Crippen LogP contribution >= 0.6 is 0 Å². The Balaban J connectivity index is 2.71. The third kappa shape index (κ3) is 3.25. The molecule has 1 aromatic rings. The summed E-state index contributed by atoms with van der Waals surface area (Å²) in [6, 6.07) is 3.94. The molecule has 1 rings (SSSR count). The van der Waals surface area contributed by atoms with Crippen LogP contribution in [0.1, 0.15) is 24.9 Å². The van der Waals surface area contributed by atoms with E-state index in [0.29, 0.717) is 6.42 Å². The number of hydrogen-bond donors (Lipinski definition) is 1. The van der Waals surface area contributed by atoms with Crippen LogP contribution in [-0.4, -0.2) is 30.2 Å². The molecule has 1 atom stereocenters. The van der Waals surface area contributed by atoms with Gasteiger partial charge >= 0.3 is 0 Å². The fourth-order valence-electron chi connectivity index (χ4n) is 1.54. The summed E-state index contributed by atoms with van der Waals surface area (Å²) in [5, 5.41) is 8.71. The maximum Gasteiger partial charge on any atom is 0.159 e. The molecule has 0 amide bonds. The summed E-state index contributed by atoms with van der Waals surface area (Å²) in [7, 11) is 1.89. The first-order chi connectivity index (χ1) is 7.56. The highest BCUT2D eigenvalue weighted by Crippen LogP contribution is 2.20. The van der Waals surface area contributed by atoms with Crippen molar-refractivity contribution >= 4 is 0 Å². The molecule has 0 heterocycles. The molecule has 0 aliphatic rings. The number of hydrogen-bond acceptors (Lipinski definition) is 2. The van der Waals surface area contributed by atoms with Gasteiger partial charge in [-0.3, -0.25) is 4.90 Å². The highest BCUT2D eigenvalue weighted by molar-refractivity contribution is 5.20. The molecule has 0 spiro atoms. The average molecular weight is 229 g/mol. The molecule has 1 aromatic carbocycles. The summed E-state index contributed by atoms with van der Waals surface area (Å²) in [5.74, 6) is -1.64. The summed E-state index contributed by atoms with van der Waals surface area (Å²) in [6.45, 7) is 2.77. The first-order valence-electron chi connectivity index (χ1n) is 5.32. The number of benzene rings is 1. The second-order valence-corrected chi connectivity index (χ2v) is 3.91. The quantitative estimate of drug-likeness (QED) is 0.837. The minimum Gasteiger partial charge on any atom is -0.396 e. The molecule has 0 bridgehead atoms. The maximum atomic E-state index is 13.0. The first-order valence-corrected chi connectivity index (χ1v) is 5.32. The van der Waals surface area contributed by atoms with Gasteiger partial charge < -0.3 is 5.11 Å². The third-order valence-corrected chi connectivity index (χ3v) is 2.76. The van der Waals surface area contributed by atoms with Gasteiger partial charge in [0.2, 0.25) is 0 Å². The van der Waals surface area contributed by atoms with Crippen molar-refractivity contribution in [3.05, 3.63) is 35.4 Å². The second-order valence-electron chi connectivity index (χ2n) is 3.91. The van der Waals surface area contributed by atoms with E-state index in [1.54, 1.807) is 6.07 Å². The predicted molar refractivity (Wildman–Crippen MR) is 59.1 cm³/mol. The fraction of sp³-hybridized carbons (Fsp3) is 0.500. The van der Waals surface area contributed by atoms with Gasteiger partial charge in [-0.2, -0.15) is 0 Å². The van der Waals surface area contributed by atoms with Crippen molar-refractivity contribution < 1.29 is 13.9 Å². The van der Waals surface area contributed by atoms with Crippen molar-refractivity contribution in [3.63, 3.8) is 0 Å². The number of aliphatic hydroxyl groups excluding tert-OH is 1. The zero-order chi connectivity index (χ0) is 12.1. The Kier molecular flexibility index (Phi) is 4.83. The minimum atomic E-state index is -0.825. The average Bonchev–Trinajstić information content (AvgIpc) is 2.28. The Bertz CT molecular complexity index is 344. The van der Waals surface area contributed by atoms with Crippen molar-refractivity contribution in [3.8, 4) is 0 Å². The minimum absolute atomic E-state index is 0.00153. The van der Waals surface area contributed by atoms with E-state index in [4.69, 9.17) is 5.11 Å². The van der Waals surface area contributed by atoms with Crippen LogP contribution < -0.4 is 0 Å². The molecule has 1 N–H and O–H groups in total. The van der Waals surface area contributed by atoms with Crippen molar-refractivity contribution in [2.75, 3.05) is 20.2 Å². The summed E-state index contributed by atoms with van der Waals surface area (Å²) in [4.78, 5) is 1.99. The van der Waals surface area contributed by atoms with Crippen LogP contribution in [0.2, 0.25) is 0 Å². The third-order valence-electron chi connectivity index (χ3n) is 2.76. The summed E-state index contributed by atoms with van der Waals surface area (Å²) < 4.78 is 25.8. The zero-order valence-corrected chi connectivity index (χ0v) is 9.58. The maximum absolute atomic E-state index is 13.0. The van der Waals surface area contributed by atoms with Crippen molar-refractivity contribution in [2.45, 2.75) is 19.4 Å². The number of aliphatic hydroxyl groups is 1. The van der Waals surface area contributed by atoms with Gasteiger partial charge in [0.1, 0.15) is 0 Å². The van der Waals surface area contributed by atoms with Gasteiger partial charge in [0.05, 0.1) is 0 Å². The van der Waals surface area contributed by atoms with E-state index >= 15 is 0 Å². The molecule has 1 unspecified atom stereocenters. The zero-order valence-electron chi connectivity index (χ0n) is 9.58. The van der Waals surface area contributed by atoms with Crippen LogP contribution in [0.15, 0.2) is 18.2 Å². The van der Waals surface area contributed by atoms with E-state index in [0.717, 1.165) is 18.2 Å². The first kappa shape index (κ1) is 13.1. The van der Waals surface area contributed by atoms with Crippen LogP contribution in [0.5, 0.6) is 0 Å². The molecular formula is C12H17F2NO. The highest BCUT2D eigenvalue weighted by Gasteiger charge is 2.13. The van der Waals surface area contributed by atoms with Gasteiger partial charge in [0.25, 0.3) is 0 Å². The molecule has 90 valence electrons. The molecule has 0 saturated heterocycles. The van der Waals surface area contributed by atoms with Crippen molar-refractivity contribution in [1.29, 1.82) is 0 Å². The SMILES string of the molecule is CC(c1ccc(F)c(F)c1)N(C)CCCO. The van der Waals surface area contributed by atoms with Crippen molar-refractivity contribution in [2.24, 2.45) is 0 Å². The second kappa shape index (κ2) is 5.92. The smallest absolute Gasteiger partial charge is 0.159 e. The van der Waals surface area contributed by atoms with Gasteiger partial charge in [-0.05, 0) is 38.1 Å². The summed E-state index contributed by atoms with van der Waals surface area (Å²) in [5.41, 5.74) is 0.735. The lowest BCUT2D eigenvalue weighted by molar-refractivity contribution is 0.216. The number of nitrogens with zero attached hydrogens (tertiary/aromatic N) is 1. The molecule has 0 fully saturated rings. The molecule has 0 saturated carbocycles. The fourth-order valence-corrected chi connectivity index (χ4v) is 1.54. The Hall–Kier alpha value is -1.00. The van der Waals surface area contributed by atoms with Crippen LogP contribution in [-0.2, 0) is 0 Å². The number of halogens is 2. The molecule has 0 radical (unpaired) electrons. The van der Waals surface area contributed by atoms with Crippen LogP contribution in [0.25, 0.3) is 0 Å². The summed E-state index contributed by atoms with van der Waals surface area (Å²) in [6.07, 6.45) is 0.671. The number of rotatable bonds is 5. The lowest BCUT2D eigenvalue weighted by Crippen LogP contribution is -2.24. The topological polar surface area (TPSA) is 23.5 Å². The van der Waals surface area contributed by atoms with Gasteiger partial charge in [0, 0.05) is 19.2 Å². The Labute approximate surface area is 94.5 Å². The summed E-state index contributed by atoms with van der Waals surface area (Å²) >= 11 is 0. The Morgan fingerprint density at radius 3 is 2.56 bits per heavy atom. The predicted octanol–water partition coefficient (Wildman–Crippen LogP) is 2.34.